The highest BCUT2D eigenvalue weighted by atomic mass is 16.5. The van der Waals surface area contributed by atoms with Gasteiger partial charge in [0.25, 0.3) is 0 Å². The third-order valence-corrected chi connectivity index (χ3v) is 5.84. The molecule has 7 heteroatoms. The molecule has 2 aliphatic rings. The lowest BCUT2D eigenvalue weighted by Gasteiger charge is -2.38. The van der Waals surface area contributed by atoms with Gasteiger partial charge < -0.3 is 14.6 Å². The summed E-state index contributed by atoms with van der Waals surface area (Å²) in [6.07, 6.45) is 1.69. The monoisotopic (exact) mass is 421 g/mol. The molecule has 0 fully saturated rings. The van der Waals surface area contributed by atoms with Crippen LogP contribution in [0, 0.1) is 0 Å². The SMILES string of the molecule is COc1ccc(OC)c(C2CC(=O)N(c3cccc(C(=O)O)c3)C3=C2C(=O)CCC3)c1. The van der Waals surface area contributed by atoms with Gasteiger partial charge in [-0.2, -0.15) is 0 Å². The first-order chi connectivity index (χ1) is 14.9. The Hall–Kier alpha value is -3.61. The molecule has 7 nitrogen and oxygen atoms in total. The number of nitrogens with zero attached hydrogens (tertiary/aromatic N) is 1. The maximum atomic E-state index is 13.3. The van der Waals surface area contributed by atoms with Gasteiger partial charge in [-0.25, -0.2) is 4.79 Å². The fraction of sp³-hybridized carbons (Fsp3) is 0.292. The summed E-state index contributed by atoms with van der Waals surface area (Å²) in [7, 11) is 3.11. The van der Waals surface area contributed by atoms with Crippen molar-refractivity contribution in [3.05, 3.63) is 64.9 Å². The number of carboxylic acids is 1. The zero-order valence-electron chi connectivity index (χ0n) is 17.4. The van der Waals surface area contributed by atoms with Gasteiger partial charge in [0.1, 0.15) is 11.5 Å². The average molecular weight is 421 g/mol. The molecule has 0 radical (unpaired) electrons. The van der Waals surface area contributed by atoms with Crippen LogP contribution in [0.25, 0.3) is 0 Å². The van der Waals surface area contributed by atoms with Crippen molar-refractivity contribution in [2.75, 3.05) is 19.1 Å². The molecular weight excluding hydrogens is 398 g/mol. The van der Waals surface area contributed by atoms with Gasteiger partial charge in [-0.05, 0) is 49.2 Å². The molecule has 4 rings (SSSR count). The van der Waals surface area contributed by atoms with Crippen molar-refractivity contribution < 1.29 is 29.0 Å². The molecule has 1 heterocycles. The molecular formula is C24H23NO6. The molecule has 1 amide bonds. The number of carboxylic acid groups (broad SMARTS) is 1. The molecule has 0 aromatic heterocycles. The summed E-state index contributed by atoms with van der Waals surface area (Å²) >= 11 is 0. The smallest absolute Gasteiger partial charge is 0.335 e. The molecule has 1 N–H and O–H groups in total. The molecule has 1 aliphatic heterocycles. The summed E-state index contributed by atoms with van der Waals surface area (Å²) < 4.78 is 10.9. The number of ether oxygens (including phenoxy) is 2. The number of carbonyl (C=O) groups excluding carboxylic acids is 2. The van der Waals surface area contributed by atoms with Crippen molar-refractivity contribution in [1.82, 2.24) is 0 Å². The topological polar surface area (TPSA) is 93.1 Å². The van der Waals surface area contributed by atoms with E-state index >= 15 is 0 Å². The van der Waals surface area contributed by atoms with Crippen molar-refractivity contribution in [2.24, 2.45) is 0 Å². The van der Waals surface area contributed by atoms with Crippen molar-refractivity contribution in [2.45, 2.75) is 31.6 Å². The Labute approximate surface area is 179 Å². The van der Waals surface area contributed by atoms with Crippen molar-refractivity contribution >= 4 is 23.3 Å². The van der Waals surface area contributed by atoms with E-state index < -0.39 is 11.9 Å². The van der Waals surface area contributed by atoms with E-state index in [1.54, 1.807) is 38.5 Å². The van der Waals surface area contributed by atoms with E-state index in [-0.39, 0.29) is 23.7 Å². The summed E-state index contributed by atoms with van der Waals surface area (Å²) in [5.41, 5.74) is 2.52. The predicted molar refractivity (Wildman–Crippen MR) is 114 cm³/mol. The minimum absolute atomic E-state index is 0.00279. The highest BCUT2D eigenvalue weighted by Gasteiger charge is 2.40. The van der Waals surface area contributed by atoms with Gasteiger partial charge in [0.05, 0.1) is 19.8 Å². The minimum atomic E-state index is -1.07. The fourth-order valence-corrected chi connectivity index (χ4v) is 4.45. The average Bonchev–Trinajstić information content (AvgIpc) is 2.78. The Balaban J connectivity index is 1.88. The Morgan fingerprint density at radius 3 is 2.58 bits per heavy atom. The lowest BCUT2D eigenvalue weighted by Crippen LogP contribution is -2.40. The maximum absolute atomic E-state index is 13.3. The molecule has 1 unspecified atom stereocenters. The van der Waals surface area contributed by atoms with E-state index in [2.05, 4.69) is 0 Å². The van der Waals surface area contributed by atoms with Crippen LogP contribution in [0.2, 0.25) is 0 Å². The van der Waals surface area contributed by atoms with E-state index in [9.17, 15) is 19.5 Å². The number of aromatic carboxylic acids is 1. The van der Waals surface area contributed by atoms with Gasteiger partial charge >= 0.3 is 5.97 Å². The largest absolute Gasteiger partial charge is 0.497 e. The predicted octanol–water partition coefficient (Wildman–Crippen LogP) is 3.93. The lowest BCUT2D eigenvalue weighted by atomic mass is 9.76. The first-order valence-electron chi connectivity index (χ1n) is 10.1. The van der Waals surface area contributed by atoms with Crippen LogP contribution < -0.4 is 14.4 Å². The zero-order chi connectivity index (χ0) is 22.1. The van der Waals surface area contributed by atoms with Crippen molar-refractivity contribution in [3.8, 4) is 11.5 Å². The molecule has 0 spiro atoms. The second kappa shape index (κ2) is 8.26. The third kappa shape index (κ3) is 3.67. The number of hydrogen-bond donors (Lipinski definition) is 1. The Bertz CT molecular complexity index is 1100. The molecule has 0 saturated heterocycles. The van der Waals surface area contributed by atoms with E-state index in [0.717, 1.165) is 5.56 Å². The van der Waals surface area contributed by atoms with Gasteiger partial charge in [0.2, 0.25) is 5.91 Å². The molecule has 31 heavy (non-hydrogen) atoms. The van der Waals surface area contributed by atoms with Crippen LogP contribution in [0.3, 0.4) is 0 Å². The molecule has 0 saturated carbocycles. The van der Waals surface area contributed by atoms with Gasteiger partial charge in [-0.15, -0.1) is 0 Å². The van der Waals surface area contributed by atoms with E-state index in [0.29, 0.717) is 47.7 Å². The van der Waals surface area contributed by atoms with Gasteiger partial charge in [-0.1, -0.05) is 6.07 Å². The first-order valence-corrected chi connectivity index (χ1v) is 10.1. The molecule has 1 aliphatic carbocycles. The van der Waals surface area contributed by atoms with Crippen LogP contribution >= 0.6 is 0 Å². The van der Waals surface area contributed by atoms with Crippen LogP contribution in [0.1, 0.15) is 47.5 Å². The van der Waals surface area contributed by atoms with Gasteiger partial charge in [0, 0.05) is 41.3 Å². The maximum Gasteiger partial charge on any atom is 0.335 e. The van der Waals surface area contributed by atoms with Crippen molar-refractivity contribution in [3.63, 3.8) is 0 Å². The fourth-order valence-electron chi connectivity index (χ4n) is 4.45. The van der Waals surface area contributed by atoms with Crippen LogP contribution in [0.4, 0.5) is 5.69 Å². The number of Topliss-reactive ketones (excluding diaryl/α,β-unsaturated/α-hetero) is 1. The highest BCUT2D eigenvalue weighted by molar-refractivity contribution is 6.08. The molecule has 0 bridgehead atoms. The number of amides is 1. The van der Waals surface area contributed by atoms with Crippen molar-refractivity contribution in [1.29, 1.82) is 0 Å². The number of anilines is 1. The summed E-state index contributed by atoms with van der Waals surface area (Å²) in [5.74, 6) is -0.497. The van der Waals surface area contributed by atoms with Gasteiger partial charge in [0.15, 0.2) is 5.78 Å². The number of ketones is 1. The van der Waals surface area contributed by atoms with E-state index in [4.69, 9.17) is 9.47 Å². The van der Waals surface area contributed by atoms with Crippen LogP contribution in [0.5, 0.6) is 11.5 Å². The van der Waals surface area contributed by atoms with Crippen LogP contribution in [-0.4, -0.2) is 37.0 Å². The minimum Gasteiger partial charge on any atom is -0.497 e. The summed E-state index contributed by atoms with van der Waals surface area (Å²) in [5, 5.41) is 9.35. The number of hydrogen-bond acceptors (Lipinski definition) is 5. The second-order valence-electron chi connectivity index (χ2n) is 7.59. The third-order valence-electron chi connectivity index (χ3n) is 5.84. The number of carbonyl (C=O) groups is 3. The molecule has 1 atom stereocenters. The molecule has 160 valence electrons. The number of rotatable bonds is 5. The second-order valence-corrected chi connectivity index (χ2v) is 7.59. The van der Waals surface area contributed by atoms with Gasteiger partial charge in [-0.3, -0.25) is 14.5 Å². The summed E-state index contributed by atoms with van der Waals surface area (Å²) in [4.78, 5) is 39.3. The Morgan fingerprint density at radius 1 is 1.06 bits per heavy atom. The Morgan fingerprint density at radius 2 is 1.87 bits per heavy atom. The van der Waals surface area contributed by atoms with Crippen LogP contribution in [0.15, 0.2) is 53.7 Å². The zero-order valence-corrected chi connectivity index (χ0v) is 17.4. The first kappa shape index (κ1) is 20.7. The van der Waals surface area contributed by atoms with E-state index in [1.165, 1.54) is 17.0 Å². The lowest BCUT2D eigenvalue weighted by molar-refractivity contribution is -0.119. The number of benzene rings is 2. The quantitative estimate of drug-likeness (QED) is 0.786. The summed E-state index contributed by atoms with van der Waals surface area (Å²) in [6, 6.07) is 11.6. The molecule has 2 aromatic carbocycles. The van der Waals surface area contributed by atoms with E-state index in [1.807, 2.05) is 6.07 Å². The van der Waals surface area contributed by atoms with Crippen LogP contribution in [-0.2, 0) is 9.59 Å². The Kier molecular flexibility index (Phi) is 5.50. The number of methoxy groups -OCH3 is 2. The highest BCUT2D eigenvalue weighted by Crippen LogP contribution is 2.46. The normalized spacial score (nSPS) is 18.6. The standard InChI is InChI=1S/C24H23NO6/c1-30-16-9-10-21(31-2)17(12-16)18-13-22(27)25(19-7-4-8-20(26)23(18)19)15-6-3-5-14(11-15)24(28)29/h3,5-6,9-12,18H,4,7-8,13H2,1-2H3,(H,28,29). The number of allylic oxidation sites excluding steroid dienone is 2. The summed E-state index contributed by atoms with van der Waals surface area (Å²) in [6.45, 7) is 0. The molecule has 2 aromatic rings.